The largest absolute Gasteiger partial charge is 0.508 e. The van der Waals surface area contributed by atoms with E-state index in [0.29, 0.717) is 47.5 Å². The van der Waals surface area contributed by atoms with E-state index in [1.807, 2.05) is 43.3 Å². The summed E-state index contributed by atoms with van der Waals surface area (Å²) in [6, 6.07) is 19.3. The zero-order chi connectivity index (χ0) is 31.0. The van der Waals surface area contributed by atoms with Crippen molar-refractivity contribution in [1.29, 1.82) is 0 Å². The normalized spacial score (nSPS) is 19.2. The second-order valence-corrected chi connectivity index (χ2v) is 9.89. The first-order valence-electron chi connectivity index (χ1n) is 13.8. The highest BCUT2D eigenvalue weighted by Gasteiger charge is 2.59. The quantitative estimate of drug-likeness (QED) is 0.135. The molecule has 1 saturated heterocycles. The zero-order valence-electron chi connectivity index (χ0n) is 25.0. The molecule has 0 spiro atoms. The van der Waals surface area contributed by atoms with Gasteiger partial charge in [-0.2, -0.15) is 0 Å². The van der Waals surface area contributed by atoms with Crippen LogP contribution < -0.4 is 18.9 Å². The van der Waals surface area contributed by atoms with Crippen LogP contribution in [0.4, 0.5) is 0 Å². The van der Waals surface area contributed by atoms with Crippen molar-refractivity contribution in [3.8, 4) is 40.7 Å². The van der Waals surface area contributed by atoms with Crippen LogP contribution in [0.5, 0.6) is 28.7 Å². The second-order valence-electron chi connectivity index (χ2n) is 9.89. The van der Waals surface area contributed by atoms with Crippen LogP contribution in [0.25, 0.3) is 0 Å². The first kappa shape index (κ1) is 31.5. The number of carbonyl (C=O) groups is 1. The predicted octanol–water partition coefficient (Wildman–Crippen LogP) is 5.14. The molecule has 0 bridgehead atoms. The highest BCUT2D eigenvalue weighted by molar-refractivity contribution is 5.94. The highest BCUT2D eigenvalue weighted by Crippen LogP contribution is 2.55. The number of hydroxylamine groups is 2. The minimum atomic E-state index is -1.21. The Morgan fingerprint density at radius 1 is 0.953 bits per heavy atom. The molecular formula is C33H37NO9. The van der Waals surface area contributed by atoms with Crippen molar-refractivity contribution in [1.82, 2.24) is 5.06 Å². The number of amides is 1. The molecule has 2 N–H and O–H groups in total. The first-order chi connectivity index (χ1) is 20.8. The highest BCUT2D eigenvalue weighted by atomic mass is 16.6. The van der Waals surface area contributed by atoms with Gasteiger partial charge in [-0.25, -0.2) is 0 Å². The number of rotatable bonds is 11. The summed E-state index contributed by atoms with van der Waals surface area (Å²) in [4.78, 5) is 12.7. The van der Waals surface area contributed by atoms with Crippen LogP contribution in [-0.2, 0) is 15.1 Å². The van der Waals surface area contributed by atoms with Crippen molar-refractivity contribution in [2.45, 2.75) is 37.4 Å². The van der Waals surface area contributed by atoms with Crippen molar-refractivity contribution in [3.05, 3.63) is 77.4 Å². The van der Waals surface area contributed by atoms with Crippen LogP contribution in [0.3, 0.4) is 0 Å². The number of benzene rings is 3. The van der Waals surface area contributed by atoms with Gasteiger partial charge in [0.2, 0.25) is 5.75 Å². The molecular weight excluding hydrogens is 554 g/mol. The number of nitrogens with zero attached hydrogens (tertiary/aromatic N) is 1. The maximum absolute atomic E-state index is 12.7. The Labute approximate surface area is 251 Å². The summed E-state index contributed by atoms with van der Waals surface area (Å²) >= 11 is 0. The third-order valence-electron chi connectivity index (χ3n) is 7.53. The van der Waals surface area contributed by atoms with Gasteiger partial charge in [-0.15, -0.1) is 5.06 Å². The predicted molar refractivity (Wildman–Crippen MR) is 158 cm³/mol. The van der Waals surface area contributed by atoms with Gasteiger partial charge in [0.15, 0.2) is 11.5 Å². The maximum atomic E-state index is 12.7. The standard InChI is InChI=1S/C33H37NO9/c1-6-19-42-27-14-10-24(11-15-27)33(25-21-28(38-2)30(40-4)29(22-25)39-3)32(41-5,17-20-43-33)16-7-18-34(37)31(36)23-8-12-26(35)13-9-23/h8-15,21-22,35,37H,6,16-17,19-20H2,1-5H3. The molecule has 1 amide bonds. The molecule has 0 saturated carbocycles. The van der Waals surface area contributed by atoms with Gasteiger partial charge in [0.25, 0.3) is 5.91 Å². The summed E-state index contributed by atoms with van der Waals surface area (Å²) in [6.07, 6.45) is 1.40. The number of aromatic hydroxyl groups is 1. The lowest BCUT2D eigenvalue weighted by atomic mass is 9.71. The molecule has 228 valence electrons. The lowest BCUT2D eigenvalue weighted by molar-refractivity contribution is -0.118. The topological polar surface area (TPSA) is 116 Å². The van der Waals surface area contributed by atoms with Gasteiger partial charge in [0.1, 0.15) is 22.7 Å². The van der Waals surface area contributed by atoms with E-state index in [2.05, 4.69) is 12.0 Å². The number of carbonyl (C=O) groups excluding carboxylic acids is 1. The van der Waals surface area contributed by atoms with Crippen molar-refractivity contribution in [2.75, 3.05) is 41.7 Å². The van der Waals surface area contributed by atoms with Crippen molar-refractivity contribution in [2.24, 2.45) is 0 Å². The SMILES string of the molecule is CCCOc1ccc(C2(c3cc(OC)c(OC)c(OC)c3)OCCC2(CC#CN(O)C(=O)c2ccc(O)cc2)OC)cc1. The van der Waals surface area contributed by atoms with Crippen LogP contribution in [0, 0.1) is 12.0 Å². The number of hydrogen-bond donors (Lipinski definition) is 2. The lowest BCUT2D eigenvalue weighted by Gasteiger charge is -2.44. The van der Waals surface area contributed by atoms with Gasteiger partial charge in [0.05, 0.1) is 34.5 Å². The summed E-state index contributed by atoms with van der Waals surface area (Å²) in [7, 11) is 6.20. The Bertz CT molecular complexity index is 1440. The molecule has 0 aliphatic carbocycles. The van der Waals surface area contributed by atoms with Crippen LogP contribution in [0.2, 0.25) is 0 Å². The monoisotopic (exact) mass is 591 g/mol. The molecule has 0 aromatic heterocycles. The molecule has 2 unspecified atom stereocenters. The zero-order valence-corrected chi connectivity index (χ0v) is 25.0. The summed E-state index contributed by atoms with van der Waals surface area (Å²) in [6.45, 7) is 2.96. The molecule has 10 nitrogen and oxygen atoms in total. The summed E-state index contributed by atoms with van der Waals surface area (Å²) in [5.74, 6) is 4.22. The fourth-order valence-corrected chi connectivity index (χ4v) is 5.39. The van der Waals surface area contributed by atoms with E-state index in [1.165, 1.54) is 31.4 Å². The minimum Gasteiger partial charge on any atom is -0.508 e. The van der Waals surface area contributed by atoms with Gasteiger partial charge in [-0.05, 0) is 66.1 Å². The number of phenols is 1. The molecule has 10 heteroatoms. The van der Waals surface area contributed by atoms with Gasteiger partial charge in [0, 0.05) is 31.6 Å². The Morgan fingerprint density at radius 3 is 2.16 bits per heavy atom. The molecule has 1 heterocycles. The maximum Gasteiger partial charge on any atom is 0.289 e. The molecule has 1 fully saturated rings. The van der Waals surface area contributed by atoms with Gasteiger partial charge >= 0.3 is 0 Å². The molecule has 4 rings (SSSR count). The molecule has 2 atom stereocenters. The Morgan fingerprint density at radius 2 is 1.60 bits per heavy atom. The van der Waals surface area contributed by atoms with Gasteiger partial charge in [-0.1, -0.05) is 25.0 Å². The van der Waals surface area contributed by atoms with E-state index < -0.39 is 17.1 Å². The van der Waals surface area contributed by atoms with Crippen molar-refractivity contribution < 1.29 is 43.5 Å². The van der Waals surface area contributed by atoms with Crippen LogP contribution >= 0.6 is 0 Å². The van der Waals surface area contributed by atoms with Crippen LogP contribution in [0.1, 0.15) is 47.7 Å². The summed E-state index contributed by atoms with van der Waals surface area (Å²) in [5, 5.41) is 20.3. The van der Waals surface area contributed by atoms with E-state index in [1.54, 1.807) is 21.3 Å². The Hall–Kier alpha value is -4.43. The molecule has 0 radical (unpaired) electrons. The molecule has 3 aromatic carbocycles. The van der Waals surface area contributed by atoms with Crippen molar-refractivity contribution in [3.63, 3.8) is 0 Å². The molecule has 43 heavy (non-hydrogen) atoms. The average molecular weight is 592 g/mol. The van der Waals surface area contributed by atoms with Gasteiger partial charge in [-0.3, -0.25) is 10.0 Å². The number of ether oxygens (including phenoxy) is 6. The fraction of sp³-hybridized carbons (Fsp3) is 0.364. The van der Waals surface area contributed by atoms with Crippen LogP contribution in [-0.4, -0.2) is 68.5 Å². The minimum absolute atomic E-state index is 0.00323. The van der Waals surface area contributed by atoms with Gasteiger partial charge < -0.3 is 33.5 Å². The number of phenolic OH excluding ortho intramolecular Hbond substituents is 1. The molecule has 3 aromatic rings. The number of methoxy groups -OCH3 is 4. The third-order valence-corrected chi connectivity index (χ3v) is 7.53. The fourth-order valence-electron chi connectivity index (χ4n) is 5.39. The smallest absolute Gasteiger partial charge is 0.289 e. The second kappa shape index (κ2) is 13.7. The van der Waals surface area contributed by atoms with E-state index in [-0.39, 0.29) is 17.7 Å². The third kappa shape index (κ3) is 6.06. The Kier molecular flexibility index (Phi) is 10.0. The molecule has 1 aliphatic heterocycles. The van der Waals surface area contributed by atoms with Crippen molar-refractivity contribution >= 4 is 5.91 Å². The Balaban J connectivity index is 1.81. The molecule has 1 aliphatic rings. The lowest BCUT2D eigenvalue weighted by Crippen LogP contribution is -2.50. The van der Waals surface area contributed by atoms with Crippen LogP contribution in [0.15, 0.2) is 60.7 Å². The summed E-state index contributed by atoms with van der Waals surface area (Å²) < 4.78 is 35.6. The van der Waals surface area contributed by atoms with E-state index in [9.17, 15) is 15.1 Å². The first-order valence-corrected chi connectivity index (χ1v) is 13.8. The average Bonchev–Trinajstić information content (AvgIpc) is 3.43. The van der Waals surface area contributed by atoms with E-state index in [0.717, 1.165) is 17.7 Å². The van der Waals surface area contributed by atoms with E-state index in [4.69, 9.17) is 28.4 Å². The van der Waals surface area contributed by atoms with E-state index >= 15 is 0 Å². The summed E-state index contributed by atoms with van der Waals surface area (Å²) in [5.41, 5.74) is -0.677. The number of hydrogen-bond acceptors (Lipinski definition) is 9.